The number of carbonyl (C=O) groups is 5. The molecule has 44 heavy (non-hydrogen) atoms. The molecule has 0 saturated carbocycles. The van der Waals surface area contributed by atoms with Crippen molar-refractivity contribution in [3.8, 4) is 0 Å². The standard InChI is InChI=1S/C31H43N3O10/c1-16-12-20-26(33-11-10-25(36)37)22(35)15-21(28(20)39)34-30(40)17(2)8-7-9-23(42-5)29(44-31(32)41)19(4)14-18(3)27(38)24(13-16)43-6/h7-9,14-16,18,23-24,27,29,33,38H,10-13H2,1-6H3,(H2,32,41)(H,34,40)(H,36,37)/b9-7-,17-8+,19-14+/t16-,18+,23+,24+,27-,29+/m1/s1. The molecule has 1 heterocycles. The molecule has 0 aromatic carbocycles. The summed E-state index contributed by atoms with van der Waals surface area (Å²) in [7, 11) is 2.86. The predicted octanol–water partition coefficient (Wildman–Crippen LogP) is 1.83. The fourth-order valence-electron chi connectivity index (χ4n) is 5.07. The average molecular weight is 618 g/mol. The molecule has 0 radical (unpaired) electrons. The first-order valence-corrected chi connectivity index (χ1v) is 14.2. The van der Waals surface area contributed by atoms with Gasteiger partial charge in [-0.3, -0.25) is 19.2 Å². The zero-order valence-electron chi connectivity index (χ0n) is 25.9. The van der Waals surface area contributed by atoms with Crippen LogP contribution in [-0.2, 0) is 33.4 Å². The Hall–Kier alpha value is -4.07. The number of ketones is 2. The van der Waals surface area contributed by atoms with E-state index in [1.807, 2.05) is 6.92 Å². The van der Waals surface area contributed by atoms with Crippen LogP contribution in [-0.4, -0.2) is 84.9 Å². The number of aliphatic hydroxyl groups is 1. The van der Waals surface area contributed by atoms with E-state index < -0.39 is 59.9 Å². The van der Waals surface area contributed by atoms with Gasteiger partial charge in [0.2, 0.25) is 11.6 Å². The number of carbonyl (C=O) groups excluding carboxylic acids is 4. The summed E-state index contributed by atoms with van der Waals surface area (Å²) in [6.45, 7) is 6.72. The van der Waals surface area contributed by atoms with Crippen LogP contribution in [0.2, 0.25) is 0 Å². The second-order valence-corrected chi connectivity index (χ2v) is 11.0. The number of hydrogen-bond acceptors (Lipinski definition) is 10. The fraction of sp³-hybridized carbons (Fsp3) is 0.516. The molecule has 1 aliphatic carbocycles. The number of aliphatic hydroxyl groups excluding tert-OH is 1. The molecule has 2 bridgehead atoms. The number of ether oxygens (including phenoxy) is 3. The van der Waals surface area contributed by atoms with Gasteiger partial charge in [0.15, 0.2) is 6.10 Å². The van der Waals surface area contributed by atoms with E-state index in [0.29, 0.717) is 5.57 Å². The largest absolute Gasteiger partial charge is 0.481 e. The van der Waals surface area contributed by atoms with Crippen molar-refractivity contribution in [3.63, 3.8) is 0 Å². The maximum absolute atomic E-state index is 13.6. The molecule has 2 rings (SSSR count). The van der Waals surface area contributed by atoms with Crippen molar-refractivity contribution in [1.82, 2.24) is 10.6 Å². The Balaban J connectivity index is 2.61. The molecule has 0 aromatic heterocycles. The summed E-state index contributed by atoms with van der Waals surface area (Å²) in [5, 5.41) is 25.6. The van der Waals surface area contributed by atoms with Gasteiger partial charge in [0.25, 0.3) is 5.91 Å². The summed E-state index contributed by atoms with van der Waals surface area (Å²) in [5.41, 5.74) is 5.91. The number of aliphatic carboxylic acids is 1. The lowest BCUT2D eigenvalue weighted by Crippen LogP contribution is -2.38. The Morgan fingerprint density at radius 1 is 1.14 bits per heavy atom. The van der Waals surface area contributed by atoms with E-state index in [0.717, 1.165) is 6.08 Å². The topological polar surface area (TPSA) is 204 Å². The van der Waals surface area contributed by atoms with Crippen molar-refractivity contribution in [2.45, 2.75) is 71.4 Å². The number of primary amides is 1. The normalized spacial score (nSPS) is 30.7. The van der Waals surface area contributed by atoms with E-state index in [1.165, 1.54) is 33.3 Å². The Kier molecular flexibility index (Phi) is 13.7. The summed E-state index contributed by atoms with van der Waals surface area (Å²) in [6, 6.07) is 0. The minimum atomic E-state index is -1.08. The van der Waals surface area contributed by atoms with Crippen LogP contribution in [0.1, 0.15) is 47.0 Å². The van der Waals surface area contributed by atoms with Gasteiger partial charge in [0.1, 0.15) is 6.10 Å². The lowest BCUT2D eigenvalue weighted by molar-refractivity contribution is -0.137. The molecule has 1 aliphatic heterocycles. The quantitative estimate of drug-likeness (QED) is 0.206. The molecule has 2 aliphatic rings. The first kappa shape index (κ1) is 36.1. The van der Waals surface area contributed by atoms with Crippen molar-refractivity contribution in [2.75, 3.05) is 20.8 Å². The Bertz CT molecular complexity index is 1280. The van der Waals surface area contributed by atoms with Gasteiger partial charge in [-0.25, -0.2) is 4.79 Å². The third-order valence-electron chi connectivity index (χ3n) is 7.43. The van der Waals surface area contributed by atoms with Crippen LogP contribution in [0.3, 0.4) is 0 Å². The molecule has 13 heteroatoms. The molecule has 0 fully saturated rings. The fourth-order valence-corrected chi connectivity index (χ4v) is 5.07. The number of carboxylic acids is 1. The molecular formula is C31H43N3O10. The van der Waals surface area contributed by atoms with Crippen LogP contribution in [0, 0.1) is 11.8 Å². The predicted molar refractivity (Wildman–Crippen MR) is 160 cm³/mol. The number of nitrogens with one attached hydrogen (secondary N) is 2. The zero-order chi connectivity index (χ0) is 33.1. The summed E-state index contributed by atoms with van der Waals surface area (Å²) in [6.07, 6.45) is 2.84. The van der Waals surface area contributed by atoms with Crippen LogP contribution in [0.5, 0.6) is 0 Å². The zero-order valence-corrected chi connectivity index (χ0v) is 25.9. The SMILES string of the molecule is CO[C@H]1/C=C\C=C(/C)C(=O)NC2=CC(=O)C(NCCC(=O)O)=C(C[C@@H](C)C[C@H](OC)[C@H](O)[C@@H](C)/C=C(\C)[C@@H]1OC(N)=O)C2=O. The highest BCUT2D eigenvalue weighted by atomic mass is 16.6. The number of allylic oxidation sites excluding steroid dienone is 4. The van der Waals surface area contributed by atoms with Crippen LogP contribution < -0.4 is 16.4 Å². The second-order valence-electron chi connectivity index (χ2n) is 11.0. The van der Waals surface area contributed by atoms with Gasteiger partial charge in [0, 0.05) is 43.9 Å². The lowest BCUT2D eigenvalue weighted by atomic mass is 9.85. The van der Waals surface area contributed by atoms with Crippen molar-refractivity contribution < 1.29 is 48.4 Å². The molecule has 0 saturated heterocycles. The van der Waals surface area contributed by atoms with Gasteiger partial charge >= 0.3 is 12.1 Å². The van der Waals surface area contributed by atoms with Gasteiger partial charge in [0.05, 0.1) is 30.0 Å². The minimum Gasteiger partial charge on any atom is -0.481 e. The number of carboxylic acid groups (broad SMARTS) is 1. The smallest absolute Gasteiger partial charge is 0.405 e. The summed E-state index contributed by atoms with van der Waals surface area (Å²) in [4.78, 5) is 62.5. The Morgan fingerprint density at radius 3 is 2.41 bits per heavy atom. The average Bonchev–Trinajstić information content (AvgIpc) is 2.95. The van der Waals surface area contributed by atoms with E-state index in [-0.39, 0.29) is 54.3 Å². The molecule has 6 atom stereocenters. The maximum Gasteiger partial charge on any atom is 0.405 e. The monoisotopic (exact) mass is 617 g/mol. The van der Waals surface area contributed by atoms with Crippen LogP contribution >= 0.6 is 0 Å². The second kappa shape index (κ2) is 16.7. The molecular weight excluding hydrogens is 574 g/mol. The van der Waals surface area contributed by atoms with E-state index in [9.17, 15) is 29.1 Å². The Labute approximate surface area is 256 Å². The van der Waals surface area contributed by atoms with E-state index in [1.54, 1.807) is 26.0 Å². The molecule has 13 nitrogen and oxygen atoms in total. The van der Waals surface area contributed by atoms with E-state index >= 15 is 0 Å². The number of rotatable bonds is 7. The molecule has 0 aromatic rings. The summed E-state index contributed by atoms with van der Waals surface area (Å²) in [5.74, 6) is -3.68. The van der Waals surface area contributed by atoms with Gasteiger partial charge in [-0.2, -0.15) is 0 Å². The first-order valence-electron chi connectivity index (χ1n) is 14.2. The molecule has 2 amide bonds. The molecule has 0 spiro atoms. The van der Waals surface area contributed by atoms with Gasteiger partial charge < -0.3 is 40.8 Å². The van der Waals surface area contributed by atoms with Crippen LogP contribution in [0.25, 0.3) is 0 Å². The highest BCUT2D eigenvalue weighted by Crippen LogP contribution is 2.28. The van der Waals surface area contributed by atoms with Crippen molar-refractivity contribution in [3.05, 3.63) is 58.5 Å². The van der Waals surface area contributed by atoms with E-state index in [2.05, 4.69) is 10.6 Å². The maximum atomic E-state index is 13.6. The third-order valence-corrected chi connectivity index (χ3v) is 7.43. The molecule has 6 N–H and O–H groups in total. The van der Waals surface area contributed by atoms with Gasteiger partial charge in [-0.1, -0.05) is 38.2 Å². The minimum absolute atomic E-state index is 0.0327. The molecule has 0 unspecified atom stereocenters. The first-order chi connectivity index (χ1) is 20.7. The highest BCUT2D eigenvalue weighted by Gasteiger charge is 2.33. The summed E-state index contributed by atoms with van der Waals surface area (Å²) >= 11 is 0. The van der Waals surface area contributed by atoms with Crippen LogP contribution in [0.15, 0.2) is 58.5 Å². The number of fused-ring (bicyclic) bond motifs is 2. The highest BCUT2D eigenvalue weighted by molar-refractivity contribution is 6.23. The van der Waals surface area contributed by atoms with Crippen LogP contribution in [0.4, 0.5) is 4.79 Å². The lowest BCUT2D eigenvalue weighted by Gasteiger charge is -2.30. The number of nitrogens with two attached hydrogens (primary N) is 1. The van der Waals surface area contributed by atoms with Crippen molar-refractivity contribution in [2.24, 2.45) is 17.6 Å². The summed E-state index contributed by atoms with van der Waals surface area (Å²) < 4.78 is 16.5. The third kappa shape index (κ3) is 10.00. The van der Waals surface area contributed by atoms with Crippen molar-refractivity contribution >= 4 is 29.5 Å². The number of Topliss-reactive ketones (excluding diaryl/α,β-unsaturated/α-hetero) is 1. The Morgan fingerprint density at radius 2 is 1.82 bits per heavy atom. The van der Waals surface area contributed by atoms with E-state index in [4.69, 9.17) is 25.1 Å². The van der Waals surface area contributed by atoms with Gasteiger partial charge in [-0.15, -0.1) is 0 Å². The van der Waals surface area contributed by atoms with Gasteiger partial charge in [-0.05, 0) is 38.2 Å². The number of methoxy groups -OCH3 is 2. The number of hydrogen-bond donors (Lipinski definition) is 5. The number of amides is 2. The molecule has 242 valence electrons. The van der Waals surface area contributed by atoms with Crippen molar-refractivity contribution in [1.29, 1.82) is 0 Å².